The van der Waals surface area contributed by atoms with Crippen molar-refractivity contribution in [2.45, 2.75) is 33.1 Å². The Kier molecular flexibility index (Phi) is 3.61. The molecule has 0 aromatic heterocycles. The molecule has 20 heavy (non-hydrogen) atoms. The summed E-state index contributed by atoms with van der Waals surface area (Å²) in [6.45, 7) is 4.04. The Morgan fingerprint density at radius 3 is 2.55 bits per heavy atom. The second kappa shape index (κ2) is 5.07. The minimum atomic E-state index is -1.18. The fraction of sp³-hybridized carbons (Fsp3) is 0.400. The van der Waals surface area contributed by atoms with E-state index in [1.54, 1.807) is 0 Å². The summed E-state index contributed by atoms with van der Waals surface area (Å²) in [5.74, 6) is -1.34. The Labute approximate surface area is 117 Å². The lowest BCUT2D eigenvalue weighted by Crippen LogP contribution is -2.28. The highest BCUT2D eigenvalue weighted by molar-refractivity contribution is 6.05. The van der Waals surface area contributed by atoms with Crippen LogP contribution in [-0.2, 0) is 4.79 Å². The van der Waals surface area contributed by atoms with Crippen molar-refractivity contribution in [3.8, 4) is 5.75 Å². The highest BCUT2D eigenvalue weighted by atomic mass is 16.4. The van der Waals surface area contributed by atoms with Crippen LogP contribution in [0, 0.1) is 5.41 Å². The second-order valence-corrected chi connectivity index (χ2v) is 5.92. The Hall–Kier alpha value is -2.17. The number of hydrogen-bond donors (Lipinski definition) is 2. The summed E-state index contributed by atoms with van der Waals surface area (Å²) < 4.78 is 0. The van der Waals surface area contributed by atoms with E-state index in [0.29, 0.717) is 18.5 Å². The smallest absolute Gasteiger partial charge is 0.339 e. The van der Waals surface area contributed by atoms with E-state index >= 15 is 0 Å². The van der Waals surface area contributed by atoms with Crippen molar-refractivity contribution < 1.29 is 19.8 Å². The third kappa shape index (κ3) is 3.23. The summed E-state index contributed by atoms with van der Waals surface area (Å²) >= 11 is 0. The SMILES string of the molecule is CC1(C)CC(=O)CC(=Nc2ccc(C(=O)O)c(O)c2)C1. The van der Waals surface area contributed by atoms with Crippen molar-refractivity contribution in [3.63, 3.8) is 0 Å². The summed E-state index contributed by atoms with van der Waals surface area (Å²) in [6.07, 6.45) is 1.60. The van der Waals surface area contributed by atoms with Gasteiger partial charge in [0.05, 0.1) is 5.69 Å². The number of ketones is 1. The van der Waals surface area contributed by atoms with Crippen molar-refractivity contribution in [1.82, 2.24) is 0 Å². The number of carbonyl (C=O) groups is 2. The molecule has 0 radical (unpaired) electrons. The van der Waals surface area contributed by atoms with Gasteiger partial charge in [-0.2, -0.15) is 0 Å². The molecule has 0 amide bonds. The number of carbonyl (C=O) groups excluding carboxylic acids is 1. The predicted molar refractivity (Wildman–Crippen MR) is 74.8 cm³/mol. The molecule has 1 saturated carbocycles. The zero-order chi connectivity index (χ0) is 14.9. The summed E-state index contributed by atoms with van der Waals surface area (Å²) in [5.41, 5.74) is 0.979. The number of carboxylic acid groups (broad SMARTS) is 1. The Morgan fingerprint density at radius 2 is 2.00 bits per heavy atom. The quantitative estimate of drug-likeness (QED) is 0.868. The van der Waals surface area contributed by atoms with Gasteiger partial charge in [-0.3, -0.25) is 9.79 Å². The van der Waals surface area contributed by atoms with Crippen LogP contribution in [0.15, 0.2) is 23.2 Å². The zero-order valence-corrected chi connectivity index (χ0v) is 11.5. The number of aromatic carboxylic acids is 1. The molecular weight excluding hydrogens is 258 g/mol. The molecule has 0 aliphatic heterocycles. The van der Waals surface area contributed by atoms with Gasteiger partial charge in [-0.05, 0) is 24.0 Å². The van der Waals surface area contributed by atoms with Crippen molar-refractivity contribution in [1.29, 1.82) is 0 Å². The van der Waals surface area contributed by atoms with Crippen LogP contribution in [0.4, 0.5) is 5.69 Å². The molecule has 0 unspecified atom stereocenters. The van der Waals surface area contributed by atoms with Crippen LogP contribution in [0.5, 0.6) is 5.75 Å². The third-order valence-corrected chi connectivity index (χ3v) is 3.26. The molecule has 0 bridgehead atoms. The van der Waals surface area contributed by atoms with Crippen LogP contribution in [0.25, 0.3) is 0 Å². The molecule has 0 atom stereocenters. The maximum absolute atomic E-state index is 11.7. The number of benzene rings is 1. The van der Waals surface area contributed by atoms with Gasteiger partial charge in [0.25, 0.3) is 0 Å². The molecule has 0 saturated heterocycles. The maximum atomic E-state index is 11.7. The first-order valence-electron chi connectivity index (χ1n) is 6.41. The minimum absolute atomic E-state index is 0.1000. The normalized spacial score (nSPS) is 20.1. The Morgan fingerprint density at radius 1 is 1.30 bits per heavy atom. The third-order valence-electron chi connectivity index (χ3n) is 3.26. The fourth-order valence-corrected chi connectivity index (χ4v) is 2.53. The molecule has 1 aromatic rings. The largest absolute Gasteiger partial charge is 0.507 e. The van der Waals surface area contributed by atoms with E-state index in [0.717, 1.165) is 12.1 Å². The monoisotopic (exact) mass is 275 g/mol. The first-order chi connectivity index (χ1) is 9.27. The number of aromatic hydroxyl groups is 1. The van der Waals surface area contributed by atoms with Crippen LogP contribution in [0.2, 0.25) is 0 Å². The number of rotatable bonds is 2. The average molecular weight is 275 g/mol. The first kappa shape index (κ1) is 14.2. The van der Waals surface area contributed by atoms with Gasteiger partial charge in [0.2, 0.25) is 0 Å². The highest BCUT2D eigenvalue weighted by Crippen LogP contribution is 2.33. The Balaban J connectivity index is 2.29. The molecule has 2 N–H and O–H groups in total. The molecule has 1 aliphatic rings. The van der Waals surface area contributed by atoms with Gasteiger partial charge in [0.1, 0.15) is 17.1 Å². The average Bonchev–Trinajstić information content (AvgIpc) is 2.25. The van der Waals surface area contributed by atoms with Crippen LogP contribution in [-0.4, -0.2) is 27.7 Å². The van der Waals surface area contributed by atoms with Gasteiger partial charge in [0.15, 0.2) is 0 Å². The lowest BCUT2D eigenvalue weighted by atomic mass is 9.76. The fourth-order valence-electron chi connectivity index (χ4n) is 2.53. The maximum Gasteiger partial charge on any atom is 0.339 e. The molecular formula is C15H17NO4. The summed E-state index contributed by atoms with van der Waals surface area (Å²) in [7, 11) is 0. The standard InChI is InChI=1S/C15H17NO4/c1-15(2)7-10(5-11(17)8-15)16-9-3-4-12(14(19)20)13(18)6-9/h3-4,6,18H,5,7-8H2,1-2H3,(H,19,20). The van der Waals surface area contributed by atoms with Crippen molar-refractivity contribution >= 4 is 23.2 Å². The Bertz CT molecular complexity index is 602. The molecule has 1 aromatic carbocycles. The van der Waals surface area contributed by atoms with Crippen molar-refractivity contribution in [2.24, 2.45) is 10.4 Å². The molecule has 0 spiro atoms. The highest BCUT2D eigenvalue weighted by Gasteiger charge is 2.30. The van der Waals surface area contributed by atoms with Gasteiger partial charge in [-0.1, -0.05) is 13.8 Å². The van der Waals surface area contributed by atoms with Gasteiger partial charge in [-0.15, -0.1) is 0 Å². The van der Waals surface area contributed by atoms with E-state index in [4.69, 9.17) is 5.11 Å². The van der Waals surface area contributed by atoms with Crippen molar-refractivity contribution in [3.05, 3.63) is 23.8 Å². The van der Waals surface area contributed by atoms with Gasteiger partial charge < -0.3 is 10.2 Å². The van der Waals surface area contributed by atoms with E-state index in [1.165, 1.54) is 18.2 Å². The number of aliphatic imine (C=N–C) groups is 1. The van der Waals surface area contributed by atoms with Gasteiger partial charge in [0, 0.05) is 24.6 Å². The minimum Gasteiger partial charge on any atom is -0.507 e. The summed E-state index contributed by atoms with van der Waals surface area (Å²) in [4.78, 5) is 26.9. The number of nitrogens with zero attached hydrogens (tertiary/aromatic N) is 1. The molecule has 2 rings (SSSR count). The molecule has 1 fully saturated rings. The molecule has 1 aliphatic carbocycles. The molecule has 5 heteroatoms. The van der Waals surface area contributed by atoms with Gasteiger partial charge in [-0.25, -0.2) is 4.79 Å². The molecule has 106 valence electrons. The second-order valence-electron chi connectivity index (χ2n) is 5.92. The lowest BCUT2D eigenvalue weighted by Gasteiger charge is -2.29. The van der Waals surface area contributed by atoms with E-state index in [1.807, 2.05) is 13.8 Å². The summed E-state index contributed by atoms with van der Waals surface area (Å²) in [5, 5.41) is 18.5. The predicted octanol–water partition coefficient (Wildman–Crippen LogP) is 2.94. The zero-order valence-electron chi connectivity index (χ0n) is 11.5. The first-order valence-corrected chi connectivity index (χ1v) is 6.41. The number of carboxylic acids is 1. The van der Waals surface area contributed by atoms with E-state index < -0.39 is 5.97 Å². The van der Waals surface area contributed by atoms with Crippen LogP contribution in [0.1, 0.15) is 43.5 Å². The number of phenols is 1. The van der Waals surface area contributed by atoms with E-state index in [-0.39, 0.29) is 22.5 Å². The van der Waals surface area contributed by atoms with E-state index in [9.17, 15) is 14.7 Å². The lowest BCUT2D eigenvalue weighted by molar-refractivity contribution is -0.120. The topological polar surface area (TPSA) is 87.0 Å². The van der Waals surface area contributed by atoms with Crippen LogP contribution < -0.4 is 0 Å². The van der Waals surface area contributed by atoms with Gasteiger partial charge >= 0.3 is 5.97 Å². The molecule has 5 nitrogen and oxygen atoms in total. The number of hydrogen-bond acceptors (Lipinski definition) is 4. The van der Waals surface area contributed by atoms with Crippen LogP contribution >= 0.6 is 0 Å². The number of Topliss-reactive ketones (excluding diaryl/α,β-unsaturated/α-hetero) is 1. The van der Waals surface area contributed by atoms with E-state index in [2.05, 4.69) is 4.99 Å². The summed E-state index contributed by atoms with van der Waals surface area (Å²) in [6, 6.07) is 4.15. The van der Waals surface area contributed by atoms with Crippen molar-refractivity contribution in [2.75, 3.05) is 0 Å². The molecule has 0 heterocycles. The van der Waals surface area contributed by atoms with Crippen LogP contribution in [0.3, 0.4) is 0 Å².